The Hall–Kier alpha value is -0.545. The van der Waals surface area contributed by atoms with Crippen molar-refractivity contribution in [3.8, 4) is 0 Å². The molecule has 0 amide bonds. The van der Waals surface area contributed by atoms with Crippen LogP contribution in [0.4, 0.5) is 0 Å². The number of rotatable bonds is 3. The van der Waals surface area contributed by atoms with Gasteiger partial charge in [-0.15, -0.1) is 0 Å². The molecule has 4 rings (SSSR count). The highest BCUT2D eigenvalue weighted by Gasteiger charge is 2.76. The molecule has 0 aromatic carbocycles. The Bertz CT molecular complexity index is 468. The van der Waals surface area contributed by atoms with Crippen LogP contribution in [0, 0.1) is 5.41 Å². The van der Waals surface area contributed by atoms with Crippen molar-refractivity contribution in [2.75, 3.05) is 0 Å². The van der Waals surface area contributed by atoms with Crippen molar-refractivity contribution in [1.29, 1.82) is 0 Å². The molecule has 22 heavy (non-hydrogen) atoms. The molecule has 2 bridgehead atoms. The molecule has 4 nitrogen and oxygen atoms in total. The van der Waals surface area contributed by atoms with Crippen molar-refractivity contribution in [2.24, 2.45) is 5.41 Å². The number of ether oxygens (including phenoxy) is 1. The highest BCUT2D eigenvalue weighted by molar-refractivity contribution is 6.51. The van der Waals surface area contributed by atoms with Crippen LogP contribution in [0.5, 0.6) is 0 Å². The summed E-state index contributed by atoms with van der Waals surface area (Å²) in [7, 11) is -0.127. The van der Waals surface area contributed by atoms with E-state index in [-0.39, 0.29) is 35.0 Å². The van der Waals surface area contributed by atoms with Gasteiger partial charge in [-0.1, -0.05) is 0 Å². The molecule has 1 aliphatic heterocycles. The molecule has 4 aliphatic rings. The topological polar surface area (TPSA) is 44.8 Å². The van der Waals surface area contributed by atoms with Gasteiger partial charge in [-0.05, 0) is 73.1 Å². The molecule has 5 heteroatoms. The summed E-state index contributed by atoms with van der Waals surface area (Å²) in [6.45, 7) is 14.1. The first-order valence-corrected chi connectivity index (χ1v) is 8.36. The lowest BCUT2D eigenvalue weighted by molar-refractivity contribution is -0.173. The molecule has 0 aromatic rings. The Morgan fingerprint density at radius 1 is 1.05 bits per heavy atom. The lowest BCUT2D eigenvalue weighted by Crippen LogP contribution is -2.64. The first-order valence-electron chi connectivity index (χ1n) is 8.36. The van der Waals surface area contributed by atoms with Crippen molar-refractivity contribution in [3.63, 3.8) is 0 Å². The lowest BCUT2D eigenvalue weighted by Gasteiger charge is -2.71. The summed E-state index contributed by atoms with van der Waals surface area (Å²) >= 11 is 0. The Balaban J connectivity index is 1.56. The van der Waals surface area contributed by atoms with Gasteiger partial charge in [0.05, 0.1) is 17.6 Å². The number of carbonyl (C=O) groups is 1. The highest BCUT2D eigenvalue weighted by atomic mass is 16.7. The average molecular weight is 308 g/mol. The zero-order valence-corrected chi connectivity index (χ0v) is 15.0. The quantitative estimate of drug-likeness (QED) is 0.588. The van der Waals surface area contributed by atoms with Crippen molar-refractivity contribution in [3.05, 3.63) is 0 Å². The van der Waals surface area contributed by atoms with Gasteiger partial charge in [0.2, 0.25) is 0 Å². The summed E-state index contributed by atoms with van der Waals surface area (Å²) in [6, 6.07) is 0. The van der Waals surface area contributed by atoms with Crippen LogP contribution in [-0.2, 0) is 18.8 Å². The van der Waals surface area contributed by atoms with E-state index in [0.29, 0.717) is 6.42 Å². The lowest BCUT2D eigenvalue weighted by atomic mass is 9.23. The fourth-order valence-electron chi connectivity index (χ4n) is 4.30. The van der Waals surface area contributed by atoms with E-state index in [0.717, 1.165) is 19.3 Å². The fourth-order valence-corrected chi connectivity index (χ4v) is 4.30. The van der Waals surface area contributed by atoms with Crippen LogP contribution in [0.2, 0.25) is 5.31 Å². The SMILES string of the molecule is CC(C)(C)OC(=O)CC12CC(B3OC(C)(C)C(C)(C)O3)(C1)C2. The van der Waals surface area contributed by atoms with Crippen LogP contribution in [0.3, 0.4) is 0 Å². The molecular weight excluding hydrogens is 279 g/mol. The number of esters is 1. The Labute approximate surface area is 134 Å². The van der Waals surface area contributed by atoms with Crippen molar-refractivity contribution >= 4 is 13.1 Å². The summed E-state index contributed by atoms with van der Waals surface area (Å²) in [5, 5.41) is 0.132. The van der Waals surface area contributed by atoms with Crippen LogP contribution in [-0.4, -0.2) is 29.9 Å². The number of hydrogen-bond acceptors (Lipinski definition) is 4. The van der Waals surface area contributed by atoms with E-state index in [1.54, 1.807) is 0 Å². The zero-order valence-electron chi connectivity index (χ0n) is 15.0. The molecule has 0 spiro atoms. The van der Waals surface area contributed by atoms with Gasteiger partial charge in [-0.2, -0.15) is 0 Å². The third kappa shape index (κ3) is 2.41. The maximum absolute atomic E-state index is 12.0. The predicted octanol–water partition coefficient (Wildman–Crippen LogP) is 3.73. The fraction of sp³-hybridized carbons (Fsp3) is 0.941. The van der Waals surface area contributed by atoms with Gasteiger partial charge < -0.3 is 14.0 Å². The Morgan fingerprint density at radius 2 is 1.50 bits per heavy atom. The second kappa shape index (κ2) is 4.30. The van der Waals surface area contributed by atoms with Crippen LogP contribution >= 0.6 is 0 Å². The summed E-state index contributed by atoms with van der Waals surface area (Å²) in [6.07, 6.45) is 3.60. The molecule has 0 radical (unpaired) electrons. The van der Waals surface area contributed by atoms with Crippen LogP contribution in [0.1, 0.15) is 74.1 Å². The van der Waals surface area contributed by atoms with Gasteiger partial charge >= 0.3 is 13.1 Å². The number of carbonyl (C=O) groups excluding carboxylic acids is 1. The first kappa shape index (κ1) is 16.3. The molecule has 1 saturated heterocycles. The summed E-state index contributed by atoms with van der Waals surface area (Å²) in [5.74, 6) is -0.0743. The summed E-state index contributed by atoms with van der Waals surface area (Å²) in [4.78, 5) is 12.0. The molecule has 0 N–H and O–H groups in total. The second-order valence-corrected chi connectivity index (χ2v) is 9.74. The first-order chi connectivity index (χ1) is 9.78. The number of hydrogen-bond donors (Lipinski definition) is 0. The molecule has 3 aliphatic carbocycles. The maximum atomic E-state index is 12.0. The van der Waals surface area contributed by atoms with E-state index in [2.05, 4.69) is 27.7 Å². The highest BCUT2D eigenvalue weighted by Crippen LogP contribution is 2.82. The van der Waals surface area contributed by atoms with E-state index >= 15 is 0 Å². The van der Waals surface area contributed by atoms with Gasteiger partial charge in [0.1, 0.15) is 5.60 Å². The molecule has 124 valence electrons. The van der Waals surface area contributed by atoms with E-state index in [1.807, 2.05) is 20.8 Å². The molecule has 0 aromatic heterocycles. The van der Waals surface area contributed by atoms with Crippen molar-refractivity contribution in [2.45, 2.75) is 96.3 Å². The molecule has 0 unspecified atom stereocenters. The van der Waals surface area contributed by atoms with Crippen LogP contribution < -0.4 is 0 Å². The standard InChI is InChI=1S/C17H29BO4/c1-13(2,3)20-12(19)8-16-9-17(10-16,11-16)18-21-14(4,5)15(6,7)22-18/h8-11H2,1-7H3. The van der Waals surface area contributed by atoms with Gasteiger partial charge in [-0.3, -0.25) is 4.79 Å². The second-order valence-electron chi connectivity index (χ2n) is 9.74. The average Bonchev–Trinajstić information content (AvgIpc) is 2.36. The zero-order chi connectivity index (χ0) is 16.6. The smallest absolute Gasteiger partial charge is 0.460 e. The van der Waals surface area contributed by atoms with E-state index in [9.17, 15) is 4.79 Å². The monoisotopic (exact) mass is 308 g/mol. The van der Waals surface area contributed by atoms with Gasteiger partial charge in [-0.25, -0.2) is 0 Å². The predicted molar refractivity (Wildman–Crippen MR) is 85.5 cm³/mol. The van der Waals surface area contributed by atoms with Gasteiger partial charge in [0.15, 0.2) is 0 Å². The Morgan fingerprint density at radius 3 is 1.91 bits per heavy atom. The molecule has 0 atom stereocenters. The van der Waals surface area contributed by atoms with Crippen LogP contribution in [0.15, 0.2) is 0 Å². The van der Waals surface area contributed by atoms with Gasteiger partial charge in [0.25, 0.3) is 0 Å². The summed E-state index contributed by atoms with van der Waals surface area (Å²) < 4.78 is 17.9. The normalized spacial score (nSPS) is 38.2. The molecule has 3 saturated carbocycles. The third-order valence-corrected chi connectivity index (χ3v) is 5.87. The van der Waals surface area contributed by atoms with Crippen LogP contribution in [0.25, 0.3) is 0 Å². The van der Waals surface area contributed by atoms with E-state index in [1.165, 1.54) is 0 Å². The van der Waals surface area contributed by atoms with Crippen molar-refractivity contribution in [1.82, 2.24) is 0 Å². The Kier molecular flexibility index (Phi) is 3.19. The minimum Gasteiger partial charge on any atom is -0.460 e. The summed E-state index contributed by atoms with van der Waals surface area (Å²) in [5.41, 5.74) is -0.799. The molecular formula is C17H29BO4. The van der Waals surface area contributed by atoms with E-state index in [4.69, 9.17) is 14.0 Å². The molecule has 4 fully saturated rings. The van der Waals surface area contributed by atoms with E-state index < -0.39 is 5.60 Å². The maximum Gasteiger partial charge on any atom is 0.464 e. The largest absolute Gasteiger partial charge is 0.464 e. The minimum atomic E-state index is -0.399. The third-order valence-electron chi connectivity index (χ3n) is 5.87. The molecule has 1 heterocycles. The van der Waals surface area contributed by atoms with Crippen molar-refractivity contribution < 1.29 is 18.8 Å². The van der Waals surface area contributed by atoms with Gasteiger partial charge in [0, 0.05) is 5.31 Å². The minimum absolute atomic E-state index is 0.0743.